The van der Waals surface area contributed by atoms with E-state index in [9.17, 15) is 14.4 Å². The normalized spacial score (nSPS) is 11.9. The Balaban J connectivity index is 2.28. The number of hydrogen-bond donors (Lipinski definition) is 0. The molecular weight excluding hydrogens is 408 g/mol. The van der Waals surface area contributed by atoms with Crippen LogP contribution in [0.1, 0.15) is 90.2 Å². The zero-order chi connectivity index (χ0) is 23.8. The number of carbonyl (C=O) groups excluding carboxylic acids is 3. The number of hydrogen-bond acceptors (Lipinski definition) is 5. The van der Waals surface area contributed by atoms with Gasteiger partial charge in [0, 0.05) is 24.7 Å². The second-order valence-corrected chi connectivity index (χ2v) is 8.29. The van der Waals surface area contributed by atoms with E-state index in [1.54, 1.807) is 55.7 Å². The van der Waals surface area contributed by atoms with Gasteiger partial charge >= 0.3 is 5.97 Å². The number of esters is 1. The number of carbonyl (C=O) groups is 3. The van der Waals surface area contributed by atoms with Crippen LogP contribution in [0, 0.1) is 13.8 Å². The van der Waals surface area contributed by atoms with Gasteiger partial charge in [-0.15, -0.1) is 0 Å². The Morgan fingerprint density at radius 2 is 1.84 bits per heavy atom. The molecule has 2 heterocycles. The van der Waals surface area contributed by atoms with Crippen LogP contribution in [0.3, 0.4) is 0 Å². The number of rotatable bonds is 12. The highest BCUT2D eigenvalue weighted by molar-refractivity contribution is 6.06. The molecule has 0 spiro atoms. The van der Waals surface area contributed by atoms with Crippen LogP contribution in [0.15, 0.2) is 22.8 Å². The van der Waals surface area contributed by atoms with Crippen LogP contribution in [0.4, 0.5) is 0 Å². The summed E-state index contributed by atoms with van der Waals surface area (Å²) in [5.74, 6) is -0.133. The monoisotopic (exact) mass is 444 g/mol. The molecule has 2 aromatic heterocycles. The number of furan rings is 1. The summed E-state index contributed by atoms with van der Waals surface area (Å²) in [6.45, 7) is 7.66. The Kier molecular flexibility index (Phi) is 9.29. The van der Waals surface area contributed by atoms with Crippen molar-refractivity contribution in [1.29, 1.82) is 0 Å². The quantitative estimate of drug-likeness (QED) is 0.262. The van der Waals surface area contributed by atoms with Gasteiger partial charge in [-0.3, -0.25) is 9.59 Å². The molecular formula is C25H36N2O5. The predicted octanol–water partition coefficient (Wildman–Crippen LogP) is 4.98. The lowest BCUT2D eigenvalue weighted by molar-refractivity contribution is -0.133. The molecule has 0 fully saturated rings. The Morgan fingerprint density at radius 1 is 1.16 bits per heavy atom. The molecule has 7 nitrogen and oxygen atoms in total. The summed E-state index contributed by atoms with van der Waals surface area (Å²) in [5.41, 5.74) is 2.05. The van der Waals surface area contributed by atoms with Gasteiger partial charge < -0.3 is 18.6 Å². The fourth-order valence-corrected chi connectivity index (χ4v) is 4.11. The number of aromatic nitrogens is 1. The highest BCUT2D eigenvalue weighted by atomic mass is 16.5. The molecule has 0 aliphatic rings. The standard InChI is InChI=1S/C25H36N2O5/c1-7-8-9-10-11-14-21(28)27(16-20-13-12-15-32-20)19(4)24(29)22-17(2)23(25(30)31-6)26(5)18(22)3/h12-13,15,19H,7-11,14,16H2,1-6H3. The number of amides is 1. The van der Waals surface area contributed by atoms with Gasteiger partial charge in [0.2, 0.25) is 5.91 Å². The van der Waals surface area contributed by atoms with Gasteiger partial charge in [-0.05, 0) is 44.9 Å². The number of Topliss-reactive ketones (excluding diaryl/α,β-unsaturated/α-hetero) is 1. The third kappa shape index (κ3) is 5.69. The van der Waals surface area contributed by atoms with E-state index in [1.165, 1.54) is 7.11 Å². The van der Waals surface area contributed by atoms with Crippen LogP contribution >= 0.6 is 0 Å². The molecule has 32 heavy (non-hydrogen) atoms. The van der Waals surface area contributed by atoms with E-state index in [4.69, 9.17) is 9.15 Å². The topological polar surface area (TPSA) is 81.8 Å². The lowest BCUT2D eigenvalue weighted by Crippen LogP contribution is -2.43. The Hall–Kier alpha value is -2.83. The molecule has 176 valence electrons. The third-order valence-electron chi connectivity index (χ3n) is 6.12. The van der Waals surface area contributed by atoms with Gasteiger partial charge in [0.1, 0.15) is 11.5 Å². The zero-order valence-corrected chi connectivity index (χ0v) is 20.2. The molecule has 7 heteroatoms. The second kappa shape index (κ2) is 11.7. The smallest absolute Gasteiger partial charge is 0.354 e. The van der Waals surface area contributed by atoms with Crippen molar-refractivity contribution < 1.29 is 23.5 Å². The van der Waals surface area contributed by atoms with Crippen LogP contribution in [-0.2, 0) is 23.1 Å². The second-order valence-electron chi connectivity index (χ2n) is 8.29. The number of unbranched alkanes of at least 4 members (excludes halogenated alkanes) is 4. The minimum atomic E-state index is -0.700. The average Bonchev–Trinajstić information content (AvgIpc) is 3.36. The van der Waals surface area contributed by atoms with Crippen LogP contribution < -0.4 is 0 Å². The van der Waals surface area contributed by atoms with Crippen molar-refractivity contribution in [1.82, 2.24) is 9.47 Å². The summed E-state index contributed by atoms with van der Waals surface area (Å²) < 4.78 is 12.0. The molecule has 1 atom stereocenters. The molecule has 0 aliphatic carbocycles. The van der Waals surface area contributed by atoms with E-state index in [0.29, 0.717) is 34.7 Å². The van der Waals surface area contributed by atoms with E-state index in [1.807, 2.05) is 0 Å². The summed E-state index contributed by atoms with van der Waals surface area (Å²) >= 11 is 0. The van der Waals surface area contributed by atoms with Crippen LogP contribution in [-0.4, -0.2) is 40.3 Å². The minimum Gasteiger partial charge on any atom is -0.467 e. The minimum absolute atomic E-state index is 0.0711. The van der Waals surface area contributed by atoms with Crippen molar-refractivity contribution in [3.63, 3.8) is 0 Å². The lowest BCUT2D eigenvalue weighted by atomic mass is 9.99. The number of methoxy groups -OCH3 is 1. The first-order valence-corrected chi connectivity index (χ1v) is 11.3. The van der Waals surface area contributed by atoms with Gasteiger partial charge in [-0.1, -0.05) is 32.6 Å². The third-order valence-corrected chi connectivity index (χ3v) is 6.12. The van der Waals surface area contributed by atoms with Gasteiger partial charge in [-0.2, -0.15) is 0 Å². The molecule has 0 aliphatic heterocycles. The van der Waals surface area contributed by atoms with Crippen molar-refractivity contribution >= 4 is 17.7 Å². The van der Waals surface area contributed by atoms with Crippen LogP contribution in [0.5, 0.6) is 0 Å². The summed E-state index contributed by atoms with van der Waals surface area (Å²) in [5, 5.41) is 0. The zero-order valence-electron chi connectivity index (χ0n) is 20.2. The average molecular weight is 445 g/mol. The first-order valence-electron chi connectivity index (χ1n) is 11.3. The number of nitrogens with zero attached hydrogens (tertiary/aromatic N) is 2. The highest BCUT2D eigenvalue weighted by Crippen LogP contribution is 2.25. The fraction of sp³-hybridized carbons (Fsp3) is 0.560. The maximum Gasteiger partial charge on any atom is 0.354 e. The van der Waals surface area contributed by atoms with Gasteiger partial charge in [0.15, 0.2) is 5.78 Å². The summed E-state index contributed by atoms with van der Waals surface area (Å²) in [6, 6.07) is 2.87. The number of ether oxygens (including phenoxy) is 1. The van der Waals surface area contributed by atoms with Crippen molar-refractivity contribution in [2.75, 3.05) is 7.11 Å². The summed E-state index contributed by atoms with van der Waals surface area (Å²) in [7, 11) is 3.05. The van der Waals surface area contributed by atoms with Crippen molar-refractivity contribution in [2.45, 2.75) is 78.8 Å². The first kappa shape index (κ1) is 25.4. The molecule has 2 aromatic rings. The van der Waals surface area contributed by atoms with E-state index in [2.05, 4.69) is 6.92 Å². The first-order chi connectivity index (χ1) is 15.2. The molecule has 0 radical (unpaired) electrons. The highest BCUT2D eigenvalue weighted by Gasteiger charge is 2.32. The van der Waals surface area contributed by atoms with Crippen molar-refractivity contribution in [2.24, 2.45) is 7.05 Å². The van der Waals surface area contributed by atoms with Gasteiger partial charge in [0.05, 0.1) is 26.0 Å². The van der Waals surface area contributed by atoms with E-state index in [0.717, 1.165) is 32.1 Å². The molecule has 0 aromatic carbocycles. The van der Waals surface area contributed by atoms with Crippen molar-refractivity contribution in [3.05, 3.63) is 46.7 Å². The van der Waals surface area contributed by atoms with E-state index in [-0.39, 0.29) is 18.2 Å². The van der Waals surface area contributed by atoms with Gasteiger partial charge in [0.25, 0.3) is 0 Å². The lowest BCUT2D eigenvalue weighted by Gasteiger charge is -2.28. The molecule has 0 saturated carbocycles. The molecule has 0 bridgehead atoms. The van der Waals surface area contributed by atoms with Crippen LogP contribution in [0.25, 0.3) is 0 Å². The van der Waals surface area contributed by atoms with Gasteiger partial charge in [-0.25, -0.2) is 4.79 Å². The maximum atomic E-state index is 13.6. The summed E-state index contributed by atoms with van der Waals surface area (Å²) in [4.78, 5) is 40.5. The molecule has 1 amide bonds. The largest absolute Gasteiger partial charge is 0.467 e. The van der Waals surface area contributed by atoms with E-state index < -0.39 is 12.0 Å². The molecule has 0 N–H and O–H groups in total. The Bertz CT molecular complexity index is 927. The molecule has 0 saturated heterocycles. The Labute approximate surface area is 190 Å². The predicted molar refractivity (Wildman–Crippen MR) is 123 cm³/mol. The Morgan fingerprint density at radius 3 is 2.44 bits per heavy atom. The number of ketones is 1. The SMILES string of the molecule is CCCCCCCC(=O)N(Cc1ccco1)C(C)C(=O)c1c(C)c(C(=O)OC)n(C)c1C. The van der Waals surface area contributed by atoms with Crippen molar-refractivity contribution in [3.8, 4) is 0 Å². The van der Waals surface area contributed by atoms with Crippen LogP contribution in [0.2, 0.25) is 0 Å². The van der Waals surface area contributed by atoms with E-state index >= 15 is 0 Å². The molecule has 2 rings (SSSR count). The molecule has 1 unspecified atom stereocenters. The summed E-state index contributed by atoms with van der Waals surface area (Å²) in [6.07, 6.45) is 7.16. The maximum absolute atomic E-state index is 13.6. The fourth-order valence-electron chi connectivity index (χ4n) is 4.11.